The van der Waals surface area contributed by atoms with Crippen molar-refractivity contribution in [1.82, 2.24) is 9.55 Å². The Bertz CT molecular complexity index is 1320. The van der Waals surface area contributed by atoms with E-state index in [1.54, 1.807) is 24.3 Å². The Morgan fingerprint density at radius 2 is 1.82 bits per heavy atom. The zero-order valence-corrected chi connectivity index (χ0v) is 16.4. The molecule has 0 N–H and O–H groups in total. The van der Waals surface area contributed by atoms with Crippen LogP contribution in [0.1, 0.15) is 26.4 Å². The first kappa shape index (κ1) is 18.1. The summed E-state index contributed by atoms with van der Waals surface area (Å²) >= 11 is 1.35. The molecule has 0 atom stereocenters. The quantitative estimate of drug-likeness (QED) is 0.489. The van der Waals surface area contributed by atoms with E-state index in [0.717, 1.165) is 26.8 Å². The SMILES string of the molecule is COC(=O)c1ccc2c(c1)sc(=NC(=O)c1ccc3ccc(C)nc3c1)n2C. The third kappa shape index (κ3) is 3.20. The number of pyridine rings is 1. The number of hydrogen-bond acceptors (Lipinski definition) is 5. The monoisotopic (exact) mass is 391 g/mol. The van der Waals surface area contributed by atoms with Crippen LogP contribution in [0.15, 0.2) is 53.5 Å². The van der Waals surface area contributed by atoms with Gasteiger partial charge >= 0.3 is 5.97 Å². The zero-order valence-electron chi connectivity index (χ0n) is 15.6. The molecule has 7 heteroatoms. The fraction of sp³-hybridized carbons (Fsp3) is 0.143. The van der Waals surface area contributed by atoms with Crippen LogP contribution in [0.5, 0.6) is 0 Å². The number of fused-ring (bicyclic) bond motifs is 2. The molecule has 2 aromatic heterocycles. The van der Waals surface area contributed by atoms with Crippen LogP contribution in [-0.2, 0) is 11.8 Å². The van der Waals surface area contributed by atoms with E-state index < -0.39 is 5.97 Å². The summed E-state index contributed by atoms with van der Waals surface area (Å²) in [7, 11) is 3.19. The van der Waals surface area contributed by atoms with Gasteiger partial charge in [0, 0.05) is 23.7 Å². The van der Waals surface area contributed by atoms with Crippen LogP contribution in [0.3, 0.4) is 0 Å². The number of carbonyl (C=O) groups is 2. The van der Waals surface area contributed by atoms with Crippen LogP contribution in [0.4, 0.5) is 0 Å². The van der Waals surface area contributed by atoms with E-state index >= 15 is 0 Å². The van der Waals surface area contributed by atoms with Crippen LogP contribution in [-0.4, -0.2) is 28.5 Å². The number of rotatable bonds is 2. The lowest BCUT2D eigenvalue weighted by atomic mass is 10.1. The summed E-state index contributed by atoms with van der Waals surface area (Å²) < 4.78 is 7.45. The number of benzene rings is 2. The Morgan fingerprint density at radius 3 is 2.61 bits per heavy atom. The van der Waals surface area contributed by atoms with Gasteiger partial charge in [-0.15, -0.1) is 0 Å². The van der Waals surface area contributed by atoms with E-state index in [-0.39, 0.29) is 5.91 Å². The van der Waals surface area contributed by atoms with E-state index in [1.807, 2.05) is 42.8 Å². The van der Waals surface area contributed by atoms with Crippen molar-refractivity contribution >= 4 is 44.3 Å². The van der Waals surface area contributed by atoms with Crippen molar-refractivity contribution in [2.45, 2.75) is 6.92 Å². The highest BCUT2D eigenvalue weighted by Crippen LogP contribution is 2.20. The number of hydrogen-bond donors (Lipinski definition) is 0. The lowest BCUT2D eigenvalue weighted by Gasteiger charge is -2.01. The minimum atomic E-state index is -0.397. The van der Waals surface area contributed by atoms with Crippen molar-refractivity contribution in [3.8, 4) is 0 Å². The van der Waals surface area contributed by atoms with E-state index in [4.69, 9.17) is 4.74 Å². The van der Waals surface area contributed by atoms with Gasteiger partial charge in [0.05, 0.1) is 28.4 Å². The van der Waals surface area contributed by atoms with Gasteiger partial charge in [-0.1, -0.05) is 23.5 Å². The van der Waals surface area contributed by atoms with Crippen LogP contribution in [0, 0.1) is 6.92 Å². The molecule has 0 radical (unpaired) electrons. The number of ether oxygens (including phenoxy) is 1. The predicted molar refractivity (Wildman–Crippen MR) is 109 cm³/mol. The van der Waals surface area contributed by atoms with Gasteiger partial charge in [0.2, 0.25) is 0 Å². The van der Waals surface area contributed by atoms with Gasteiger partial charge in [0.25, 0.3) is 5.91 Å². The van der Waals surface area contributed by atoms with Crippen molar-refractivity contribution in [1.29, 1.82) is 0 Å². The van der Waals surface area contributed by atoms with Crippen molar-refractivity contribution in [2.24, 2.45) is 12.0 Å². The average Bonchev–Trinajstić information content (AvgIpc) is 3.01. The summed E-state index contributed by atoms with van der Waals surface area (Å²) in [5.74, 6) is -0.730. The zero-order chi connectivity index (χ0) is 19.8. The number of carbonyl (C=O) groups excluding carboxylic acids is 2. The summed E-state index contributed by atoms with van der Waals surface area (Å²) in [6.07, 6.45) is 0. The first-order valence-corrected chi connectivity index (χ1v) is 9.42. The number of nitrogens with zero attached hydrogens (tertiary/aromatic N) is 3. The van der Waals surface area contributed by atoms with Gasteiger partial charge in [-0.25, -0.2) is 4.79 Å². The minimum absolute atomic E-state index is 0.333. The van der Waals surface area contributed by atoms with Gasteiger partial charge < -0.3 is 9.30 Å². The summed E-state index contributed by atoms with van der Waals surface area (Å²) in [5.41, 5.74) is 3.50. The molecule has 0 bridgehead atoms. The van der Waals surface area contributed by atoms with Gasteiger partial charge in [0.1, 0.15) is 0 Å². The molecule has 140 valence electrons. The molecule has 28 heavy (non-hydrogen) atoms. The summed E-state index contributed by atoms with van der Waals surface area (Å²) in [6.45, 7) is 1.91. The number of thiazole rings is 1. The molecule has 0 aliphatic rings. The number of methoxy groups -OCH3 is 1. The highest BCUT2D eigenvalue weighted by atomic mass is 32.1. The molecule has 4 aromatic rings. The lowest BCUT2D eigenvalue weighted by Crippen LogP contribution is -2.13. The average molecular weight is 391 g/mol. The number of aromatic nitrogens is 2. The Balaban J connectivity index is 1.77. The van der Waals surface area contributed by atoms with Crippen LogP contribution in [0.2, 0.25) is 0 Å². The van der Waals surface area contributed by atoms with E-state index in [9.17, 15) is 9.59 Å². The molecule has 0 saturated heterocycles. The Morgan fingerprint density at radius 1 is 1.07 bits per heavy atom. The van der Waals surface area contributed by atoms with E-state index in [2.05, 4.69) is 9.98 Å². The van der Waals surface area contributed by atoms with Crippen molar-refractivity contribution in [3.63, 3.8) is 0 Å². The molecule has 1 amide bonds. The number of esters is 1. The molecule has 6 nitrogen and oxygen atoms in total. The standard InChI is InChI=1S/C21H17N3O3S/c1-12-4-5-13-6-7-14(10-16(13)22-12)19(25)23-21-24(2)17-9-8-15(20(26)27-3)11-18(17)28-21/h4-11H,1-3H3. The maximum Gasteiger partial charge on any atom is 0.337 e. The molecule has 2 heterocycles. The molecular formula is C21H17N3O3S. The smallest absolute Gasteiger partial charge is 0.337 e. The first-order chi connectivity index (χ1) is 13.5. The van der Waals surface area contributed by atoms with Gasteiger partial charge in [-0.05, 0) is 43.3 Å². The van der Waals surface area contributed by atoms with Crippen LogP contribution >= 0.6 is 11.3 Å². The summed E-state index contributed by atoms with van der Waals surface area (Å²) in [4.78, 5) is 33.8. The Hall–Kier alpha value is -3.32. The second-order valence-corrected chi connectivity index (χ2v) is 7.40. The van der Waals surface area contributed by atoms with Crippen molar-refractivity contribution < 1.29 is 14.3 Å². The third-order valence-electron chi connectivity index (χ3n) is 4.51. The maximum absolute atomic E-state index is 12.7. The van der Waals surface area contributed by atoms with Crippen LogP contribution in [0.25, 0.3) is 21.1 Å². The first-order valence-electron chi connectivity index (χ1n) is 8.60. The molecule has 0 fully saturated rings. The molecule has 0 aliphatic heterocycles. The van der Waals surface area contributed by atoms with Crippen molar-refractivity contribution in [3.05, 3.63) is 70.2 Å². The van der Waals surface area contributed by atoms with E-state index in [0.29, 0.717) is 15.9 Å². The molecule has 0 saturated carbocycles. The highest BCUT2D eigenvalue weighted by Gasteiger charge is 2.11. The summed E-state index contributed by atoms with van der Waals surface area (Å²) in [5, 5.41) is 0.977. The molecule has 0 spiro atoms. The molecule has 2 aromatic carbocycles. The number of amides is 1. The van der Waals surface area contributed by atoms with Crippen molar-refractivity contribution in [2.75, 3.05) is 7.11 Å². The van der Waals surface area contributed by atoms with Gasteiger partial charge in [0.15, 0.2) is 4.80 Å². The Kier molecular flexibility index (Phi) is 4.52. The fourth-order valence-electron chi connectivity index (χ4n) is 2.99. The molecular weight excluding hydrogens is 374 g/mol. The Labute approximate surface area is 164 Å². The molecule has 0 aliphatic carbocycles. The largest absolute Gasteiger partial charge is 0.465 e. The highest BCUT2D eigenvalue weighted by molar-refractivity contribution is 7.16. The second-order valence-electron chi connectivity index (χ2n) is 6.39. The van der Waals surface area contributed by atoms with Gasteiger partial charge in [-0.3, -0.25) is 9.78 Å². The van der Waals surface area contributed by atoms with Gasteiger partial charge in [-0.2, -0.15) is 4.99 Å². The predicted octanol–water partition coefficient (Wildman–Crippen LogP) is 3.62. The normalized spacial score (nSPS) is 11.9. The molecule has 0 unspecified atom stereocenters. The molecule has 4 rings (SSSR count). The van der Waals surface area contributed by atoms with E-state index in [1.165, 1.54) is 18.4 Å². The topological polar surface area (TPSA) is 73.6 Å². The van der Waals surface area contributed by atoms with Crippen LogP contribution < -0.4 is 4.80 Å². The summed E-state index contributed by atoms with van der Waals surface area (Å²) in [6, 6.07) is 14.6. The second kappa shape index (κ2) is 7.01. The third-order valence-corrected chi connectivity index (χ3v) is 5.60. The lowest BCUT2D eigenvalue weighted by molar-refractivity contribution is 0.0601. The maximum atomic E-state index is 12.7. The minimum Gasteiger partial charge on any atom is -0.465 e. The number of aryl methyl sites for hydroxylation is 2. The fourth-order valence-corrected chi connectivity index (χ4v) is 4.04.